The first kappa shape index (κ1) is 15.3. The van der Waals surface area contributed by atoms with E-state index in [1.165, 1.54) is 0 Å². The number of aryl methyl sites for hydroxylation is 1. The zero-order valence-electron chi connectivity index (χ0n) is 11.6. The van der Waals surface area contributed by atoms with Crippen LogP contribution in [0.2, 0.25) is 0 Å². The maximum absolute atomic E-state index is 11.3. The number of nitrogens with one attached hydrogen (secondary N) is 1. The number of aliphatic hydroxyl groups is 1. The molecule has 2 atom stereocenters. The van der Waals surface area contributed by atoms with E-state index in [9.17, 15) is 13.5 Å². The molecule has 1 aromatic carbocycles. The van der Waals surface area contributed by atoms with Crippen LogP contribution in [0.4, 0.5) is 0 Å². The average Bonchev–Trinajstić information content (AvgIpc) is 2.75. The van der Waals surface area contributed by atoms with Gasteiger partial charge in [-0.25, -0.2) is 8.42 Å². The minimum absolute atomic E-state index is 0.0472. The topological polar surface area (TPSA) is 75.6 Å². The molecule has 0 spiro atoms. The Labute approximate surface area is 119 Å². The maximum Gasteiger partial charge on any atom is 0.151 e. The Balaban J connectivity index is 1.68. The van der Waals surface area contributed by atoms with Crippen LogP contribution in [0.3, 0.4) is 0 Å². The van der Waals surface area contributed by atoms with Crippen LogP contribution < -0.4 is 10.1 Å². The third-order valence-corrected chi connectivity index (χ3v) is 5.11. The summed E-state index contributed by atoms with van der Waals surface area (Å²) in [6.45, 7) is 2.53. The fraction of sp³-hybridized carbons (Fsp3) is 0.571. The Morgan fingerprint density at radius 1 is 1.40 bits per heavy atom. The zero-order chi connectivity index (χ0) is 14.6. The summed E-state index contributed by atoms with van der Waals surface area (Å²) in [5.41, 5.74) is 1.15. The molecular weight excluding hydrogens is 278 g/mol. The number of ether oxygens (including phenoxy) is 1. The van der Waals surface area contributed by atoms with E-state index in [1.807, 2.05) is 31.2 Å². The van der Waals surface area contributed by atoms with E-state index >= 15 is 0 Å². The molecule has 2 rings (SSSR count). The Kier molecular flexibility index (Phi) is 5.01. The molecule has 0 bridgehead atoms. The first-order valence-electron chi connectivity index (χ1n) is 6.76. The highest BCUT2D eigenvalue weighted by atomic mass is 32.2. The molecule has 5 nitrogen and oxygen atoms in total. The first-order valence-corrected chi connectivity index (χ1v) is 8.58. The molecule has 112 valence electrons. The predicted octanol–water partition coefficient (Wildman–Crippen LogP) is 0.511. The molecule has 0 radical (unpaired) electrons. The monoisotopic (exact) mass is 299 g/mol. The van der Waals surface area contributed by atoms with Gasteiger partial charge in [0.15, 0.2) is 9.84 Å². The van der Waals surface area contributed by atoms with Crippen LogP contribution in [0.1, 0.15) is 12.0 Å². The summed E-state index contributed by atoms with van der Waals surface area (Å²) < 4.78 is 28.1. The summed E-state index contributed by atoms with van der Waals surface area (Å²) in [7, 11) is -2.88. The van der Waals surface area contributed by atoms with Gasteiger partial charge in [0, 0.05) is 12.6 Å². The van der Waals surface area contributed by atoms with Gasteiger partial charge >= 0.3 is 0 Å². The van der Waals surface area contributed by atoms with Crippen LogP contribution in [-0.4, -0.2) is 50.3 Å². The van der Waals surface area contributed by atoms with Crippen LogP contribution in [0.5, 0.6) is 5.75 Å². The second kappa shape index (κ2) is 6.56. The van der Waals surface area contributed by atoms with E-state index in [0.717, 1.165) is 11.3 Å². The van der Waals surface area contributed by atoms with Gasteiger partial charge in [0.05, 0.1) is 11.5 Å². The second-order valence-corrected chi connectivity index (χ2v) is 7.51. The van der Waals surface area contributed by atoms with Gasteiger partial charge in [0.1, 0.15) is 18.5 Å². The Hall–Kier alpha value is -1.11. The molecule has 1 saturated heterocycles. The van der Waals surface area contributed by atoms with Gasteiger partial charge < -0.3 is 15.2 Å². The molecule has 1 aliphatic rings. The van der Waals surface area contributed by atoms with Crippen molar-refractivity contribution in [3.8, 4) is 5.75 Å². The molecule has 0 aliphatic carbocycles. The van der Waals surface area contributed by atoms with Crippen LogP contribution in [0.15, 0.2) is 24.3 Å². The van der Waals surface area contributed by atoms with Crippen molar-refractivity contribution in [1.82, 2.24) is 5.32 Å². The summed E-state index contributed by atoms with van der Waals surface area (Å²) >= 11 is 0. The number of hydrogen-bond acceptors (Lipinski definition) is 5. The van der Waals surface area contributed by atoms with E-state index < -0.39 is 15.9 Å². The van der Waals surface area contributed by atoms with Gasteiger partial charge in [0.2, 0.25) is 0 Å². The lowest BCUT2D eigenvalue weighted by Gasteiger charge is -2.16. The van der Waals surface area contributed by atoms with Gasteiger partial charge in [-0.1, -0.05) is 17.7 Å². The fourth-order valence-corrected chi connectivity index (χ4v) is 3.85. The molecule has 1 fully saturated rings. The maximum atomic E-state index is 11.3. The van der Waals surface area contributed by atoms with Crippen LogP contribution in [-0.2, 0) is 9.84 Å². The summed E-state index contributed by atoms with van der Waals surface area (Å²) in [5, 5.41) is 12.9. The number of sulfone groups is 1. The van der Waals surface area contributed by atoms with Gasteiger partial charge in [-0.15, -0.1) is 0 Å². The molecule has 2 N–H and O–H groups in total. The van der Waals surface area contributed by atoms with Crippen molar-refractivity contribution in [1.29, 1.82) is 0 Å². The largest absolute Gasteiger partial charge is 0.491 e. The summed E-state index contributed by atoms with van der Waals surface area (Å²) in [6.07, 6.45) is -0.0342. The molecular formula is C14H21NO4S. The number of benzene rings is 1. The van der Waals surface area contributed by atoms with Crippen molar-refractivity contribution < 1.29 is 18.3 Å². The zero-order valence-corrected chi connectivity index (χ0v) is 12.4. The van der Waals surface area contributed by atoms with Crippen molar-refractivity contribution in [2.24, 2.45) is 0 Å². The summed E-state index contributed by atoms with van der Waals surface area (Å²) in [6, 6.07) is 7.57. The van der Waals surface area contributed by atoms with Gasteiger partial charge in [-0.05, 0) is 25.5 Å². The molecule has 1 aromatic rings. The Morgan fingerprint density at radius 3 is 2.70 bits per heavy atom. The smallest absolute Gasteiger partial charge is 0.151 e. The summed E-state index contributed by atoms with van der Waals surface area (Å²) in [5.74, 6) is 1.12. The third kappa shape index (κ3) is 4.77. The number of rotatable bonds is 6. The quantitative estimate of drug-likeness (QED) is 0.800. The van der Waals surface area contributed by atoms with Crippen molar-refractivity contribution in [3.63, 3.8) is 0 Å². The highest BCUT2D eigenvalue weighted by Gasteiger charge is 2.27. The van der Waals surface area contributed by atoms with E-state index in [-0.39, 0.29) is 24.2 Å². The van der Waals surface area contributed by atoms with E-state index in [2.05, 4.69) is 5.32 Å². The lowest BCUT2D eigenvalue weighted by atomic mass is 10.2. The molecule has 2 unspecified atom stereocenters. The lowest BCUT2D eigenvalue weighted by molar-refractivity contribution is 0.104. The van der Waals surface area contributed by atoms with E-state index in [4.69, 9.17) is 4.74 Å². The number of hydrogen-bond donors (Lipinski definition) is 2. The fourth-order valence-electron chi connectivity index (χ4n) is 2.14. The Bertz CT molecular complexity index is 527. The average molecular weight is 299 g/mol. The highest BCUT2D eigenvalue weighted by molar-refractivity contribution is 7.91. The first-order chi connectivity index (χ1) is 9.44. The molecule has 20 heavy (non-hydrogen) atoms. The molecule has 0 aromatic heterocycles. The molecule has 6 heteroatoms. The SMILES string of the molecule is Cc1ccc(OCC(O)CNC2CCS(=O)(=O)C2)cc1. The molecule has 0 saturated carbocycles. The van der Waals surface area contributed by atoms with Crippen molar-refractivity contribution in [2.75, 3.05) is 24.7 Å². The molecule has 1 heterocycles. The van der Waals surface area contributed by atoms with Crippen LogP contribution >= 0.6 is 0 Å². The normalized spacial score (nSPS) is 22.6. The standard InChI is InChI=1S/C14H21NO4S/c1-11-2-4-14(5-3-11)19-9-13(16)8-15-12-6-7-20(17,18)10-12/h2-5,12-13,15-16H,6-10H2,1H3. The van der Waals surface area contributed by atoms with Gasteiger partial charge in [-0.2, -0.15) is 0 Å². The molecule has 1 aliphatic heterocycles. The van der Waals surface area contributed by atoms with Gasteiger partial charge in [0.25, 0.3) is 0 Å². The molecule has 0 amide bonds. The Morgan fingerprint density at radius 2 is 2.10 bits per heavy atom. The van der Waals surface area contributed by atoms with E-state index in [1.54, 1.807) is 0 Å². The predicted molar refractivity (Wildman–Crippen MR) is 77.7 cm³/mol. The lowest BCUT2D eigenvalue weighted by Crippen LogP contribution is -2.38. The van der Waals surface area contributed by atoms with Crippen LogP contribution in [0, 0.1) is 6.92 Å². The second-order valence-electron chi connectivity index (χ2n) is 5.29. The van der Waals surface area contributed by atoms with Crippen LogP contribution in [0.25, 0.3) is 0 Å². The van der Waals surface area contributed by atoms with E-state index in [0.29, 0.717) is 13.0 Å². The minimum Gasteiger partial charge on any atom is -0.491 e. The van der Waals surface area contributed by atoms with Crippen molar-refractivity contribution in [3.05, 3.63) is 29.8 Å². The summed E-state index contributed by atoms with van der Waals surface area (Å²) in [4.78, 5) is 0. The third-order valence-electron chi connectivity index (χ3n) is 3.34. The number of aliphatic hydroxyl groups excluding tert-OH is 1. The highest BCUT2D eigenvalue weighted by Crippen LogP contribution is 2.12. The van der Waals surface area contributed by atoms with Crippen molar-refractivity contribution >= 4 is 9.84 Å². The van der Waals surface area contributed by atoms with Crippen molar-refractivity contribution in [2.45, 2.75) is 25.5 Å². The minimum atomic E-state index is -2.88. The van der Waals surface area contributed by atoms with Gasteiger partial charge in [-0.3, -0.25) is 0 Å².